The number of nitrogens with zero attached hydrogens (tertiary/aromatic N) is 2. The van der Waals surface area contributed by atoms with E-state index in [1.54, 1.807) is 18.3 Å². The fourth-order valence-corrected chi connectivity index (χ4v) is 2.29. The first-order valence-electron chi connectivity index (χ1n) is 7.06. The summed E-state index contributed by atoms with van der Waals surface area (Å²) >= 11 is 0. The minimum absolute atomic E-state index is 0.0240. The van der Waals surface area contributed by atoms with Crippen molar-refractivity contribution < 1.29 is 19.4 Å². The van der Waals surface area contributed by atoms with E-state index in [2.05, 4.69) is 4.98 Å². The first kappa shape index (κ1) is 14.9. The first-order chi connectivity index (χ1) is 11.1. The van der Waals surface area contributed by atoms with Crippen LogP contribution in [0.3, 0.4) is 0 Å². The van der Waals surface area contributed by atoms with Gasteiger partial charge in [-0.25, -0.2) is 9.78 Å². The number of methoxy groups -OCH3 is 1. The topological polar surface area (TPSA) is 73.1 Å². The molecule has 0 aliphatic heterocycles. The number of phenols is 1. The van der Waals surface area contributed by atoms with Crippen molar-refractivity contribution in [3.8, 4) is 11.5 Å². The number of benzene rings is 1. The summed E-state index contributed by atoms with van der Waals surface area (Å²) in [6.45, 7) is 2.01. The zero-order valence-electron chi connectivity index (χ0n) is 12.8. The molecule has 1 N–H and O–H groups in total. The Morgan fingerprint density at radius 2 is 2.09 bits per heavy atom. The quantitative estimate of drug-likeness (QED) is 0.750. The van der Waals surface area contributed by atoms with E-state index in [1.165, 1.54) is 13.2 Å². The average Bonchev–Trinajstić information content (AvgIpc) is 2.94. The van der Waals surface area contributed by atoms with Crippen molar-refractivity contribution in [2.24, 2.45) is 0 Å². The van der Waals surface area contributed by atoms with Gasteiger partial charge in [0.2, 0.25) is 0 Å². The predicted molar refractivity (Wildman–Crippen MR) is 83.7 cm³/mol. The number of phenolic OH excluding ortho intramolecular Hbond substituents is 1. The lowest BCUT2D eigenvalue weighted by atomic mass is 10.2. The minimum atomic E-state index is -0.630. The van der Waals surface area contributed by atoms with Crippen LogP contribution in [0.2, 0.25) is 0 Å². The van der Waals surface area contributed by atoms with Gasteiger partial charge in [-0.2, -0.15) is 0 Å². The summed E-state index contributed by atoms with van der Waals surface area (Å²) in [6.07, 6.45) is 3.75. The molecule has 0 aliphatic rings. The van der Waals surface area contributed by atoms with Gasteiger partial charge >= 0.3 is 5.97 Å². The van der Waals surface area contributed by atoms with Crippen molar-refractivity contribution in [3.63, 3.8) is 0 Å². The Kier molecular flexibility index (Phi) is 3.89. The average molecular weight is 312 g/mol. The zero-order valence-corrected chi connectivity index (χ0v) is 12.8. The number of esters is 1. The molecule has 0 unspecified atom stereocenters. The lowest BCUT2D eigenvalue weighted by molar-refractivity contribution is 0.0464. The summed E-state index contributed by atoms with van der Waals surface area (Å²) in [7, 11) is 1.42. The Hall–Kier alpha value is -3.02. The Morgan fingerprint density at radius 1 is 1.26 bits per heavy atom. The number of aromatic nitrogens is 2. The monoisotopic (exact) mass is 312 g/mol. The number of carbonyl (C=O) groups is 1. The third kappa shape index (κ3) is 2.96. The molecule has 0 saturated carbocycles. The smallest absolute Gasteiger partial charge is 0.342 e. The fourth-order valence-electron chi connectivity index (χ4n) is 2.29. The molecule has 0 bridgehead atoms. The normalized spacial score (nSPS) is 10.7. The van der Waals surface area contributed by atoms with E-state index in [4.69, 9.17) is 9.47 Å². The standard InChI is InChI=1S/C17H16N2O4/c1-11-6-7-15-18-12(9-19(15)8-11)10-23-17(21)13-4-3-5-14(22-2)16(13)20/h3-9,20H,10H2,1-2H3. The number of para-hydroxylation sites is 1. The third-order valence-corrected chi connectivity index (χ3v) is 3.44. The van der Waals surface area contributed by atoms with Gasteiger partial charge in [0.25, 0.3) is 0 Å². The molecule has 6 heteroatoms. The summed E-state index contributed by atoms with van der Waals surface area (Å²) in [5, 5.41) is 9.96. The molecule has 6 nitrogen and oxygen atoms in total. The maximum Gasteiger partial charge on any atom is 0.342 e. The maximum atomic E-state index is 12.1. The number of ether oxygens (including phenoxy) is 2. The van der Waals surface area contributed by atoms with Gasteiger partial charge in [0, 0.05) is 12.4 Å². The fraction of sp³-hybridized carbons (Fsp3) is 0.176. The van der Waals surface area contributed by atoms with Crippen LogP contribution < -0.4 is 4.74 Å². The van der Waals surface area contributed by atoms with E-state index in [0.717, 1.165) is 11.2 Å². The number of imidazole rings is 1. The Morgan fingerprint density at radius 3 is 2.87 bits per heavy atom. The molecule has 1 aromatic carbocycles. The summed E-state index contributed by atoms with van der Waals surface area (Å²) in [6, 6.07) is 8.52. The van der Waals surface area contributed by atoms with Crippen LogP contribution in [-0.4, -0.2) is 27.6 Å². The van der Waals surface area contributed by atoms with Crippen molar-refractivity contribution >= 4 is 11.6 Å². The lowest BCUT2D eigenvalue weighted by Crippen LogP contribution is -2.06. The molecule has 0 atom stereocenters. The highest BCUT2D eigenvalue weighted by atomic mass is 16.5. The van der Waals surface area contributed by atoms with Crippen molar-refractivity contribution in [2.45, 2.75) is 13.5 Å². The molecule has 0 aliphatic carbocycles. The summed E-state index contributed by atoms with van der Waals surface area (Å²) < 4.78 is 12.1. The van der Waals surface area contributed by atoms with E-state index in [0.29, 0.717) is 5.69 Å². The number of aromatic hydroxyl groups is 1. The molecule has 118 valence electrons. The second-order valence-electron chi connectivity index (χ2n) is 5.14. The second-order valence-corrected chi connectivity index (χ2v) is 5.14. The van der Waals surface area contributed by atoms with E-state index in [-0.39, 0.29) is 23.7 Å². The summed E-state index contributed by atoms with van der Waals surface area (Å²) in [5.74, 6) is -0.636. The van der Waals surface area contributed by atoms with E-state index >= 15 is 0 Å². The largest absolute Gasteiger partial charge is 0.504 e. The van der Waals surface area contributed by atoms with Crippen LogP contribution in [-0.2, 0) is 11.3 Å². The van der Waals surface area contributed by atoms with Gasteiger partial charge in [0.15, 0.2) is 11.5 Å². The Labute approximate surface area is 132 Å². The van der Waals surface area contributed by atoms with Gasteiger partial charge in [-0.1, -0.05) is 12.1 Å². The van der Waals surface area contributed by atoms with E-state index in [1.807, 2.05) is 29.7 Å². The molecule has 3 aromatic rings. The molecule has 0 spiro atoms. The Bertz CT molecular complexity index is 870. The number of carbonyl (C=O) groups excluding carboxylic acids is 1. The minimum Gasteiger partial charge on any atom is -0.504 e. The van der Waals surface area contributed by atoms with Crippen LogP contribution in [0.5, 0.6) is 11.5 Å². The highest BCUT2D eigenvalue weighted by Gasteiger charge is 2.16. The van der Waals surface area contributed by atoms with Crippen LogP contribution in [0.1, 0.15) is 21.6 Å². The number of fused-ring (bicyclic) bond motifs is 1. The zero-order chi connectivity index (χ0) is 16.4. The number of pyridine rings is 1. The number of rotatable bonds is 4. The van der Waals surface area contributed by atoms with Crippen LogP contribution in [0.15, 0.2) is 42.7 Å². The van der Waals surface area contributed by atoms with Crippen LogP contribution in [0.4, 0.5) is 0 Å². The molecule has 0 saturated heterocycles. The molecule has 3 rings (SSSR count). The lowest BCUT2D eigenvalue weighted by Gasteiger charge is -2.08. The van der Waals surface area contributed by atoms with Gasteiger partial charge in [0.05, 0.1) is 12.8 Å². The molecule has 0 radical (unpaired) electrons. The van der Waals surface area contributed by atoms with Gasteiger partial charge in [-0.15, -0.1) is 0 Å². The third-order valence-electron chi connectivity index (χ3n) is 3.44. The van der Waals surface area contributed by atoms with Crippen molar-refractivity contribution in [1.29, 1.82) is 0 Å². The number of hydrogen-bond donors (Lipinski definition) is 1. The van der Waals surface area contributed by atoms with Crippen molar-refractivity contribution in [3.05, 3.63) is 59.5 Å². The van der Waals surface area contributed by atoms with Crippen LogP contribution in [0, 0.1) is 6.92 Å². The van der Waals surface area contributed by atoms with Gasteiger partial charge < -0.3 is 19.0 Å². The number of aryl methyl sites for hydroxylation is 1. The van der Waals surface area contributed by atoms with Gasteiger partial charge in [0.1, 0.15) is 17.8 Å². The SMILES string of the molecule is COc1cccc(C(=O)OCc2cn3cc(C)ccc3n2)c1O. The molecule has 2 heterocycles. The van der Waals surface area contributed by atoms with Crippen LogP contribution in [0.25, 0.3) is 5.65 Å². The van der Waals surface area contributed by atoms with Crippen LogP contribution >= 0.6 is 0 Å². The highest BCUT2D eigenvalue weighted by Crippen LogP contribution is 2.29. The molecule has 2 aromatic heterocycles. The van der Waals surface area contributed by atoms with Crippen molar-refractivity contribution in [2.75, 3.05) is 7.11 Å². The molecule has 0 fully saturated rings. The maximum absolute atomic E-state index is 12.1. The van der Waals surface area contributed by atoms with Crippen molar-refractivity contribution in [1.82, 2.24) is 9.38 Å². The first-order valence-corrected chi connectivity index (χ1v) is 7.06. The van der Waals surface area contributed by atoms with Gasteiger partial charge in [-0.3, -0.25) is 0 Å². The molecular weight excluding hydrogens is 296 g/mol. The van der Waals surface area contributed by atoms with E-state index < -0.39 is 5.97 Å². The highest BCUT2D eigenvalue weighted by molar-refractivity contribution is 5.93. The molecule has 0 amide bonds. The number of hydrogen-bond acceptors (Lipinski definition) is 5. The Balaban J connectivity index is 1.75. The molecular formula is C17H16N2O4. The molecule has 23 heavy (non-hydrogen) atoms. The summed E-state index contributed by atoms with van der Waals surface area (Å²) in [4.78, 5) is 16.5. The summed E-state index contributed by atoms with van der Waals surface area (Å²) in [5.41, 5.74) is 2.58. The van der Waals surface area contributed by atoms with Gasteiger partial charge in [-0.05, 0) is 30.7 Å². The van der Waals surface area contributed by atoms with E-state index in [9.17, 15) is 9.90 Å². The second kappa shape index (κ2) is 6.00. The predicted octanol–water partition coefficient (Wildman–Crippen LogP) is 2.71.